The maximum absolute atomic E-state index is 9.21. The van der Waals surface area contributed by atoms with Gasteiger partial charge in [-0.25, -0.2) is 0 Å². The Hall–Kier alpha value is -0.520. The maximum Gasteiger partial charge on any atom is 0.125 e. The van der Waals surface area contributed by atoms with Gasteiger partial charge >= 0.3 is 0 Å². The minimum Gasteiger partial charge on any atom is -0.507 e. The summed E-state index contributed by atoms with van der Waals surface area (Å²) in [6, 6.07) is 11.9. The Bertz CT molecular complexity index is 573. The number of rotatable bonds is 4. The Morgan fingerprint density at radius 2 is 1.12 bits per heavy atom. The number of hydrogen-bond acceptors (Lipinski definition) is 2. The molecule has 0 spiro atoms. The van der Waals surface area contributed by atoms with E-state index in [1.165, 1.54) is 11.1 Å². The van der Waals surface area contributed by atoms with Gasteiger partial charge in [0, 0.05) is 16.0 Å². The van der Waals surface area contributed by atoms with Crippen molar-refractivity contribution in [2.45, 2.75) is 27.7 Å². The van der Waals surface area contributed by atoms with Crippen molar-refractivity contribution in [1.29, 1.82) is 0 Å². The van der Waals surface area contributed by atoms with E-state index in [1.54, 1.807) is 0 Å². The molecule has 0 fully saturated rings. The molecule has 0 heterocycles. The Kier molecular flexibility index (Phi) is 14.3. The van der Waals surface area contributed by atoms with Gasteiger partial charge in [-0.05, 0) is 49.9 Å². The highest BCUT2D eigenvalue weighted by Gasteiger charge is 2.01. The Labute approximate surface area is 177 Å². The molecule has 0 aliphatic heterocycles. The van der Waals surface area contributed by atoms with Crippen LogP contribution in [0.4, 0.5) is 0 Å². The molecule has 0 saturated carbocycles. The van der Waals surface area contributed by atoms with E-state index in [0.717, 1.165) is 39.5 Å². The van der Waals surface area contributed by atoms with Gasteiger partial charge in [0.05, 0.1) is 6.61 Å². The van der Waals surface area contributed by atoms with E-state index in [2.05, 4.69) is 73.8 Å². The first kappa shape index (κ1) is 24.5. The van der Waals surface area contributed by atoms with Gasteiger partial charge in [-0.3, -0.25) is 0 Å². The third-order valence-corrected chi connectivity index (χ3v) is 5.42. The standard InChI is InChI=1S/C10H13BrO.C8H10O.C2H4Br2/c1-8-4-3-5-9(2)10(8)12-7-6-11;1-6-4-3-5-7(2)8(6)9;3-1-2-4/h3-5H,6-7H2,1-2H3;3-5,9H,1-2H3;1-2H2. The van der Waals surface area contributed by atoms with E-state index in [-0.39, 0.29) is 0 Å². The van der Waals surface area contributed by atoms with Crippen molar-refractivity contribution >= 4 is 47.8 Å². The summed E-state index contributed by atoms with van der Waals surface area (Å²) in [7, 11) is 0. The average Bonchev–Trinajstić information content (AvgIpc) is 2.60. The van der Waals surface area contributed by atoms with Crippen molar-refractivity contribution in [3.05, 3.63) is 58.7 Å². The minimum absolute atomic E-state index is 0.414. The van der Waals surface area contributed by atoms with Gasteiger partial charge in [0.2, 0.25) is 0 Å². The number of aryl methyl sites for hydroxylation is 4. The first-order valence-corrected chi connectivity index (χ1v) is 11.4. The molecule has 2 rings (SSSR count). The van der Waals surface area contributed by atoms with Crippen molar-refractivity contribution in [2.24, 2.45) is 0 Å². The molecule has 0 radical (unpaired) electrons. The van der Waals surface area contributed by atoms with Gasteiger partial charge < -0.3 is 9.84 Å². The topological polar surface area (TPSA) is 29.5 Å². The number of aromatic hydroxyl groups is 1. The lowest BCUT2D eigenvalue weighted by molar-refractivity contribution is 0.340. The molecule has 0 aliphatic carbocycles. The van der Waals surface area contributed by atoms with Crippen LogP contribution in [-0.4, -0.2) is 27.7 Å². The van der Waals surface area contributed by atoms with Gasteiger partial charge in [0.1, 0.15) is 11.5 Å². The third kappa shape index (κ3) is 10.3. The van der Waals surface area contributed by atoms with Crippen LogP contribution in [0.15, 0.2) is 36.4 Å². The van der Waals surface area contributed by atoms with Crippen LogP contribution < -0.4 is 4.74 Å². The van der Waals surface area contributed by atoms with Crippen LogP contribution in [0, 0.1) is 27.7 Å². The van der Waals surface area contributed by atoms with Crippen LogP contribution in [-0.2, 0) is 0 Å². The summed E-state index contributed by atoms with van der Waals surface area (Å²) in [6.07, 6.45) is 0. The maximum atomic E-state index is 9.21. The number of alkyl halides is 3. The molecule has 0 atom stereocenters. The highest BCUT2D eigenvalue weighted by atomic mass is 79.9. The second-order valence-corrected chi connectivity index (χ2v) is 7.76. The molecule has 140 valence electrons. The number of halogens is 3. The van der Waals surface area contributed by atoms with Crippen LogP contribution in [0.5, 0.6) is 11.5 Å². The summed E-state index contributed by atoms with van der Waals surface area (Å²) in [5, 5.41) is 12.2. The molecule has 2 nitrogen and oxygen atoms in total. The molecule has 2 aromatic rings. The average molecular weight is 539 g/mol. The summed E-state index contributed by atoms with van der Waals surface area (Å²) in [5.74, 6) is 1.44. The summed E-state index contributed by atoms with van der Waals surface area (Å²) < 4.78 is 5.57. The van der Waals surface area contributed by atoms with Crippen LogP contribution in [0.2, 0.25) is 0 Å². The Morgan fingerprint density at radius 1 is 0.720 bits per heavy atom. The third-order valence-electron chi connectivity index (χ3n) is 3.24. The Morgan fingerprint density at radius 3 is 1.44 bits per heavy atom. The van der Waals surface area contributed by atoms with E-state index in [0.29, 0.717) is 5.75 Å². The van der Waals surface area contributed by atoms with E-state index in [1.807, 2.05) is 38.1 Å². The lowest BCUT2D eigenvalue weighted by Gasteiger charge is -2.09. The normalized spacial score (nSPS) is 9.40. The molecular formula is C20H27Br3O2. The van der Waals surface area contributed by atoms with Crippen LogP contribution >= 0.6 is 47.8 Å². The predicted octanol–water partition coefficient (Wildman–Crippen LogP) is 6.86. The molecule has 1 N–H and O–H groups in total. The van der Waals surface area contributed by atoms with E-state index >= 15 is 0 Å². The van der Waals surface area contributed by atoms with Crippen LogP contribution in [0.3, 0.4) is 0 Å². The smallest absolute Gasteiger partial charge is 0.125 e. The zero-order valence-corrected chi connectivity index (χ0v) is 20.0. The predicted molar refractivity (Wildman–Crippen MR) is 120 cm³/mol. The van der Waals surface area contributed by atoms with E-state index in [4.69, 9.17) is 4.74 Å². The van der Waals surface area contributed by atoms with E-state index < -0.39 is 0 Å². The molecular weight excluding hydrogens is 512 g/mol. The summed E-state index contributed by atoms with van der Waals surface area (Å²) in [4.78, 5) is 0. The second-order valence-electron chi connectivity index (χ2n) is 5.38. The summed E-state index contributed by atoms with van der Waals surface area (Å²) in [5.41, 5.74) is 4.29. The van der Waals surface area contributed by atoms with Crippen molar-refractivity contribution < 1.29 is 9.84 Å². The summed E-state index contributed by atoms with van der Waals surface area (Å²) >= 11 is 9.73. The van der Waals surface area contributed by atoms with E-state index in [9.17, 15) is 5.11 Å². The number of hydrogen-bond donors (Lipinski definition) is 1. The molecule has 25 heavy (non-hydrogen) atoms. The van der Waals surface area contributed by atoms with Crippen molar-refractivity contribution in [3.8, 4) is 11.5 Å². The largest absolute Gasteiger partial charge is 0.507 e. The van der Waals surface area contributed by atoms with Crippen LogP contribution in [0.25, 0.3) is 0 Å². The highest BCUT2D eigenvalue weighted by Crippen LogP contribution is 2.22. The highest BCUT2D eigenvalue weighted by molar-refractivity contribution is 9.12. The molecule has 0 saturated heterocycles. The SMILES string of the molecule is BrCCBr.Cc1cccc(C)c1O.Cc1cccc(C)c1OCCBr. The molecule has 0 aliphatic rings. The lowest BCUT2D eigenvalue weighted by Crippen LogP contribution is -2.00. The zero-order valence-electron chi connectivity index (χ0n) is 15.3. The summed E-state index contributed by atoms with van der Waals surface area (Å²) in [6.45, 7) is 8.64. The van der Waals surface area contributed by atoms with Crippen molar-refractivity contribution in [3.63, 3.8) is 0 Å². The van der Waals surface area contributed by atoms with Crippen molar-refractivity contribution in [2.75, 3.05) is 22.6 Å². The van der Waals surface area contributed by atoms with Crippen LogP contribution in [0.1, 0.15) is 22.3 Å². The monoisotopic (exact) mass is 536 g/mol. The fourth-order valence-corrected chi connectivity index (χ4v) is 2.14. The number of para-hydroxylation sites is 2. The number of phenols is 1. The van der Waals surface area contributed by atoms with Gasteiger partial charge in [-0.1, -0.05) is 84.2 Å². The molecule has 5 heteroatoms. The minimum atomic E-state index is 0.414. The number of phenolic OH excluding ortho intramolecular Hbond substituents is 1. The quantitative estimate of drug-likeness (QED) is 0.431. The van der Waals surface area contributed by atoms with Gasteiger partial charge in [-0.2, -0.15) is 0 Å². The number of benzene rings is 2. The van der Waals surface area contributed by atoms with Gasteiger partial charge in [-0.15, -0.1) is 0 Å². The molecule has 2 aromatic carbocycles. The van der Waals surface area contributed by atoms with Gasteiger partial charge in [0.25, 0.3) is 0 Å². The molecule has 0 bridgehead atoms. The zero-order chi connectivity index (χ0) is 19.2. The van der Waals surface area contributed by atoms with Crippen molar-refractivity contribution in [1.82, 2.24) is 0 Å². The molecule has 0 aromatic heterocycles. The first-order chi connectivity index (χ1) is 11.9. The molecule has 0 amide bonds. The second kappa shape index (κ2) is 14.6. The fourth-order valence-electron chi connectivity index (χ4n) is 1.97. The number of ether oxygens (including phenoxy) is 1. The Balaban J connectivity index is 0.000000391. The lowest BCUT2D eigenvalue weighted by atomic mass is 10.1. The fraction of sp³-hybridized carbons (Fsp3) is 0.400. The first-order valence-electron chi connectivity index (χ1n) is 8.01. The van der Waals surface area contributed by atoms with Gasteiger partial charge in [0.15, 0.2) is 0 Å². The molecule has 0 unspecified atom stereocenters.